The van der Waals surface area contributed by atoms with Gasteiger partial charge in [-0.05, 0) is 112 Å². The largest absolute Gasteiger partial charge is 0.135 e. The van der Waals surface area contributed by atoms with E-state index in [-0.39, 0.29) is 0 Å². The summed E-state index contributed by atoms with van der Waals surface area (Å²) in [5, 5.41) is 14.6. The average Bonchev–Trinajstić information content (AvgIpc) is 3.89. The lowest BCUT2D eigenvalue weighted by Gasteiger charge is -2.21. The highest BCUT2D eigenvalue weighted by molar-refractivity contribution is 7.26. The van der Waals surface area contributed by atoms with Crippen LogP contribution in [0.2, 0.25) is 26.2 Å². The molecule has 54 heavy (non-hydrogen) atoms. The van der Waals surface area contributed by atoms with Crippen molar-refractivity contribution in [1.29, 1.82) is 0 Å². The molecule has 0 atom stereocenters. The first-order valence-electron chi connectivity index (χ1n) is 19.0. The topological polar surface area (TPSA) is 0 Å². The van der Waals surface area contributed by atoms with Crippen LogP contribution in [0.4, 0.5) is 0 Å². The van der Waals surface area contributed by atoms with Crippen molar-refractivity contribution in [3.8, 4) is 44.5 Å². The van der Waals surface area contributed by atoms with Crippen molar-refractivity contribution in [3.63, 3.8) is 0 Å². The Labute approximate surface area is 325 Å². The zero-order chi connectivity index (χ0) is 36.1. The summed E-state index contributed by atoms with van der Waals surface area (Å²) in [6.45, 7) is 10.2. The van der Waals surface area contributed by atoms with Crippen LogP contribution in [0.5, 0.6) is 0 Å². The van der Waals surface area contributed by atoms with Gasteiger partial charge in [-0.25, -0.2) is 0 Å². The van der Waals surface area contributed by atoms with E-state index in [9.17, 15) is 0 Å². The standard InChI is InChI=1S/C50H36S2Si2/c1-53(2)45-23-19-36-35(49(45)37-17-13-31(27-47(37)53)29-15-21-43-39(25-29)33-9-5-7-11-41(33)51-43)20-24-46-50(36)38-18-14-32(28-48(38)54(46,3)4)30-16-22-44-40(26-30)34-10-6-8-12-42(34)52-44/h5-28H,1-4H3. The van der Waals surface area contributed by atoms with E-state index in [4.69, 9.17) is 0 Å². The predicted octanol–water partition coefficient (Wildman–Crippen LogP) is 12.5. The highest BCUT2D eigenvalue weighted by Crippen LogP contribution is 2.43. The molecule has 4 heterocycles. The van der Waals surface area contributed by atoms with Gasteiger partial charge in [0, 0.05) is 40.3 Å². The summed E-state index contributed by atoms with van der Waals surface area (Å²) in [4.78, 5) is 0. The Bertz CT molecular complexity index is 3060. The minimum Gasteiger partial charge on any atom is -0.135 e. The summed E-state index contributed by atoms with van der Waals surface area (Å²) in [6.07, 6.45) is 0. The summed E-state index contributed by atoms with van der Waals surface area (Å²) < 4.78 is 5.44. The van der Waals surface area contributed by atoms with Gasteiger partial charge in [-0.1, -0.05) is 135 Å². The molecular weight excluding hydrogens is 721 g/mol. The van der Waals surface area contributed by atoms with Crippen LogP contribution in [0.3, 0.4) is 0 Å². The van der Waals surface area contributed by atoms with Gasteiger partial charge in [0.25, 0.3) is 0 Å². The molecule has 12 rings (SSSR count). The second kappa shape index (κ2) is 10.8. The fraction of sp³-hybridized carbons (Fsp3) is 0.0800. The molecule has 2 aliphatic rings. The third kappa shape index (κ3) is 4.12. The van der Waals surface area contributed by atoms with Crippen LogP contribution in [0, 0.1) is 0 Å². The van der Waals surface area contributed by atoms with Crippen LogP contribution >= 0.6 is 22.7 Å². The minimum atomic E-state index is -1.94. The number of fused-ring (bicyclic) bond motifs is 15. The molecule has 10 aromatic rings. The van der Waals surface area contributed by atoms with E-state index in [0.717, 1.165) is 0 Å². The SMILES string of the molecule is C[Si]1(C)c2cc(-c3ccc4sc5ccccc5c4c3)ccc2-c2c1ccc1c3c(ccc21)[Si](C)(C)c1cc(-c2ccc4sc5ccccc5c4c2)ccc1-3. The van der Waals surface area contributed by atoms with E-state index in [1.807, 2.05) is 22.7 Å². The van der Waals surface area contributed by atoms with Crippen molar-refractivity contribution in [3.05, 3.63) is 146 Å². The lowest BCUT2D eigenvalue weighted by Crippen LogP contribution is -2.49. The van der Waals surface area contributed by atoms with Crippen molar-refractivity contribution >= 4 is 111 Å². The maximum atomic E-state index is 2.55. The van der Waals surface area contributed by atoms with E-state index < -0.39 is 16.1 Å². The van der Waals surface area contributed by atoms with Crippen LogP contribution in [0.1, 0.15) is 0 Å². The first-order chi connectivity index (χ1) is 26.3. The van der Waals surface area contributed by atoms with E-state index in [2.05, 4.69) is 172 Å². The molecule has 0 spiro atoms. The van der Waals surface area contributed by atoms with Crippen LogP contribution in [0.25, 0.3) is 95.6 Å². The molecule has 0 amide bonds. The molecule has 0 unspecified atom stereocenters. The molecule has 2 aliphatic heterocycles. The Hall–Kier alpha value is -5.11. The van der Waals surface area contributed by atoms with Gasteiger partial charge in [-0.2, -0.15) is 0 Å². The zero-order valence-corrected chi connectivity index (χ0v) is 34.3. The number of hydrogen-bond donors (Lipinski definition) is 0. The van der Waals surface area contributed by atoms with Crippen molar-refractivity contribution in [2.45, 2.75) is 26.2 Å². The Morgan fingerprint density at radius 1 is 0.315 bits per heavy atom. The second-order valence-electron chi connectivity index (χ2n) is 16.5. The first kappa shape index (κ1) is 31.3. The predicted molar refractivity (Wildman–Crippen MR) is 245 cm³/mol. The molecule has 0 nitrogen and oxygen atoms in total. The Morgan fingerprint density at radius 3 is 1.17 bits per heavy atom. The van der Waals surface area contributed by atoms with Gasteiger partial charge in [0.1, 0.15) is 16.1 Å². The highest BCUT2D eigenvalue weighted by atomic mass is 32.1. The van der Waals surface area contributed by atoms with Gasteiger partial charge in [0.2, 0.25) is 0 Å². The molecule has 0 N–H and O–H groups in total. The van der Waals surface area contributed by atoms with Crippen molar-refractivity contribution in [2.75, 3.05) is 0 Å². The van der Waals surface area contributed by atoms with E-state index in [0.29, 0.717) is 0 Å². The quantitative estimate of drug-likeness (QED) is 0.154. The number of rotatable bonds is 2. The first-order valence-corrected chi connectivity index (χ1v) is 26.6. The number of hydrogen-bond acceptors (Lipinski definition) is 2. The van der Waals surface area contributed by atoms with Crippen molar-refractivity contribution in [2.24, 2.45) is 0 Å². The normalized spacial score (nSPS) is 15.0. The Kier molecular flexibility index (Phi) is 6.23. The highest BCUT2D eigenvalue weighted by Gasteiger charge is 2.42. The molecular formula is C50H36S2Si2. The minimum absolute atomic E-state index is 1.31. The second-order valence-corrected chi connectivity index (χ2v) is 27.3. The monoisotopic (exact) mass is 756 g/mol. The van der Waals surface area contributed by atoms with Crippen LogP contribution < -0.4 is 20.7 Å². The van der Waals surface area contributed by atoms with Crippen molar-refractivity contribution in [1.82, 2.24) is 0 Å². The van der Waals surface area contributed by atoms with Crippen LogP contribution in [0.15, 0.2) is 146 Å². The van der Waals surface area contributed by atoms with E-state index in [1.165, 1.54) is 95.6 Å². The van der Waals surface area contributed by atoms with E-state index in [1.54, 1.807) is 20.7 Å². The smallest absolute Gasteiger partial charge is 0.113 e. The van der Waals surface area contributed by atoms with Gasteiger partial charge < -0.3 is 0 Å². The van der Waals surface area contributed by atoms with Gasteiger partial charge in [0.05, 0.1) is 0 Å². The number of benzene rings is 8. The molecule has 0 fully saturated rings. The van der Waals surface area contributed by atoms with Gasteiger partial charge >= 0.3 is 0 Å². The van der Waals surface area contributed by atoms with Gasteiger partial charge in [-0.15, -0.1) is 22.7 Å². The summed E-state index contributed by atoms with van der Waals surface area (Å²) in [5.41, 5.74) is 11.1. The molecule has 8 aromatic carbocycles. The molecule has 256 valence electrons. The van der Waals surface area contributed by atoms with Gasteiger partial charge in [-0.3, -0.25) is 0 Å². The lowest BCUT2D eigenvalue weighted by molar-refractivity contribution is 1.67. The van der Waals surface area contributed by atoms with Gasteiger partial charge in [0.15, 0.2) is 0 Å². The lowest BCUT2D eigenvalue weighted by atomic mass is 9.91. The summed E-state index contributed by atoms with van der Waals surface area (Å²) in [5.74, 6) is 0. The fourth-order valence-corrected chi connectivity index (χ4v) is 18.4. The number of thiophene rings is 2. The van der Waals surface area contributed by atoms with E-state index >= 15 is 0 Å². The maximum Gasteiger partial charge on any atom is 0.113 e. The van der Waals surface area contributed by atoms with Crippen molar-refractivity contribution < 1.29 is 0 Å². The fourth-order valence-electron chi connectivity index (χ4n) is 10.0. The Morgan fingerprint density at radius 2 is 0.704 bits per heavy atom. The van der Waals surface area contributed by atoms with Crippen LogP contribution in [-0.2, 0) is 0 Å². The molecule has 0 saturated carbocycles. The average molecular weight is 757 g/mol. The maximum absolute atomic E-state index is 2.55. The third-order valence-corrected chi connectivity index (χ3v) is 22.2. The summed E-state index contributed by atoms with van der Waals surface area (Å²) >= 11 is 3.78. The third-order valence-electron chi connectivity index (χ3n) is 12.9. The summed E-state index contributed by atoms with van der Waals surface area (Å²) in [7, 11) is -3.88. The summed E-state index contributed by atoms with van der Waals surface area (Å²) in [6, 6.07) is 56.5. The molecule has 0 radical (unpaired) electrons. The van der Waals surface area contributed by atoms with Crippen LogP contribution in [-0.4, -0.2) is 16.1 Å². The molecule has 0 aliphatic carbocycles. The molecule has 0 saturated heterocycles. The Balaban J connectivity index is 0.991. The zero-order valence-electron chi connectivity index (χ0n) is 30.7. The molecule has 2 aromatic heterocycles. The molecule has 4 heteroatoms. The molecule has 0 bridgehead atoms.